The quantitative estimate of drug-likeness (QED) is 0.185. The first-order valence-corrected chi connectivity index (χ1v) is 16.6. The van der Waals surface area contributed by atoms with Gasteiger partial charge in [-0.2, -0.15) is 0 Å². The maximum absolute atomic E-state index is 6.53. The lowest BCUT2D eigenvalue weighted by Crippen LogP contribution is -2.24. The monoisotopic (exact) mass is 617 g/mol. The normalized spacial score (nSPS) is 17.8. The van der Waals surface area contributed by atoms with Crippen LogP contribution < -0.4 is 0 Å². The van der Waals surface area contributed by atoms with Crippen LogP contribution in [0, 0.1) is 5.92 Å². The third-order valence-corrected chi connectivity index (χ3v) is 10.6. The Morgan fingerprint density at radius 1 is 0.583 bits per heavy atom. The summed E-state index contributed by atoms with van der Waals surface area (Å²) in [5, 5.41) is 4.40. The van der Waals surface area contributed by atoms with Gasteiger partial charge in [0.25, 0.3) is 0 Å². The first kappa shape index (κ1) is 27.3. The standard InChI is InChI=1S/C44H31N3O/c1-44(2)34-13-7-6-12-31(34)32-22-20-30(25-35(32)44)41-40(45-36-14-8-9-15-37(36)46-41)29-19-17-26-16-18-27-21-23-38-42(39(27)33(26)24-29)48-43(47-38)28-10-4-3-5-11-28/h3-25,31,34H,1-2H3. The van der Waals surface area contributed by atoms with E-state index in [0.717, 1.165) is 71.8 Å². The van der Waals surface area contributed by atoms with Gasteiger partial charge in [-0.25, -0.2) is 15.0 Å². The van der Waals surface area contributed by atoms with Gasteiger partial charge < -0.3 is 4.42 Å². The second-order valence-corrected chi connectivity index (χ2v) is 13.7. The Bertz CT molecular complexity index is 2660. The van der Waals surface area contributed by atoms with Crippen LogP contribution in [0.3, 0.4) is 0 Å². The van der Waals surface area contributed by atoms with Crippen LogP contribution in [0.4, 0.5) is 0 Å². The summed E-state index contributed by atoms with van der Waals surface area (Å²) in [6.45, 7) is 4.75. The Morgan fingerprint density at radius 3 is 2.06 bits per heavy atom. The molecule has 6 aromatic carbocycles. The molecule has 2 aliphatic carbocycles. The molecule has 48 heavy (non-hydrogen) atoms. The molecule has 0 N–H and O–H groups in total. The number of hydrogen-bond donors (Lipinski definition) is 0. The minimum absolute atomic E-state index is 0.00459. The van der Waals surface area contributed by atoms with E-state index in [-0.39, 0.29) is 5.41 Å². The first-order valence-electron chi connectivity index (χ1n) is 16.6. The second-order valence-electron chi connectivity index (χ2n) is 13.7. The van der Waals surface area contributed by atoms with Gasteiger partial charge >= 0.3 is 0 Å². The van der Waals surface area contributed by atoms with Gasteiger partial charge in [-0.05, 0) is 81.1 Å². The number of allylic oxidation sites excluding steroid dienone is 4. The van der Waals surface area contributed by atoms with Crippen LogP contribution in [0.2, 0.25) is 0 Å². The van der Waals surface area contributed by atoms with Crippen molar-refractivity contribution in [3.8, 4) is 34.0 Å². The molecule has 0 amide bonds. The molecule has 2 atom stereocenters. The zero-order valence-corrected chi connectivity index (χ0v) is 26.7. The van der Waals surface area contributed by atoms with E-state index in [1.807, 2.05) is 54.6 Å². The predicted octanol–water partition coefficient (Wildman–Crippen LogP) is 11.2. The van der Waals surface area contributed by atoms with Crippen LogP contribution in [-0.2, 0) is 5.41 Å². The highest BCUT2D eigenvalue weighted by molar-refractivity contribution is 6.18. The van der Waals surface area contributed by atoms with E-state index in [2.05, 4.69) is 98.8 Å². The summed E-state index contributed by atoms with van der Waals surface area (Å²) in [4.78, 5) is 15.5. The average Bonchev–Trinajstić information content (AvgIpc) is 3.68. The summed E-state index contributed by atoms with van der Waals surface area (Å²) in [5.74, 6) is 1.47. The summed E-state index contributed by atoms with van der Waals surface area (Å²) in [7, 11) is 0. The van der Waals surface area contributed by atoms with Crippen molar-refractivity contribution in [2.24, 2.45) is 5.92 Å². The molecule has 2 unspecified atom stereocenters. The van der Waals surface area contributed by atoms with Crippen LogP contribution in [0.5, 0.6) is 0 Å². The number of rotatable bonds is 3. The SMILES string of the molecule is CC1(C)c2cc(-c3nc4ccccc4nc3-c3ccc4ccc5ccc6nc(-c7ccccc7)oc6c5c4c3)ccc2C2C=CC=CC21. The fraction of sp³-hybridized carbons (Fsp3) is 0.114. The number of nitrogens with zero attached hydrogens (tertiary/aromatic N) is 3. The van der Waals surface area contributed by atoms with Crippen LogP contribution in [-0.4, -0.2) is 15.0 Å². The molecular formula is C44H31N3O. The lowest BCUT2D eigenvalue weighted by molar-refractivity contribution is 0.394. The predicted molar refractivity (Wildman–Crippen MR) is 196 cm³/mol. The highest BCUT2D eigenvalue weighted by Crippen LogP contribution is 2.53. The minimum atomic E-state index is 0.00459. The fourth-order valence-corrected chi connectivity index (χ4v) is 8.10. The maximum atomic E-state index is 6.53. The molecule has 4 heteroatoms. The molecule has 2 aliphatic rings. The lowest BCUT2D eigenvalue weighted by atomic mass is 9.74. The van der Waals surface area contributed by atoms with E-state index >= 15 is 0 Å². The first-order chi connectivity index (χ1) is 23.5. The summed E-state index contributed by atoms with van der Waals surface area (Å²) in [5.41, 5.74) is 11.0. The molecule has 4 nitrogen and oxygen atoms in total. The molecule has 2 aromatic heterocycles. The van der Waals surface area contributed by atoms with Crippen molar-refractivity contribution in [3.05, 3.63) is 151 Å². The molecular weight excluding hydrogens is 587 g/mol. The lowest BCUT2D eigenvalue weighted by Gasteiger charge is -2.29. The van der Waals surface area contributed by atoms with E-state index in [1.165, 1.54) is 11.1 Å². The van der Waals surface area contributed by atoms with Crippen LogP contribution >= 0.6 is 0 Å². The highest BCUT2D eigenvalue weighted by atomic mass is 16.3. The fourth-order valence-electron chi connectivity index (χ4n) is 8.10. The van der Waals surface area contributed by atoms with Crippen molar-refractivity contribution in [1.29, 1.82) is 0 Å². The van der Waals surface area contributed by atoms with Crippen LogP contribution in [0.1, 0.15) is 30.9 Å². The van der Waals surface area contributed by atoms with Crippen molar-refractivity contribution < 1.29 is 4.42 Å². The number of fused-ring (bicyclic) bond motifs is 9. The Kier molecular flexibility index (Phi) is 5.72. The van der Waals surface area contributed by atoms with Crippen molar-refractivity contribution in [3.63, 3.8) is 0 Å². The summed E-state index contributed by atoms with van der Waals surface area (Å²) >= 11 is 0. The van der Waals surface area contributed by atoms with Gasteiger partial charge in [-0.3, -0.25) is 0 Å². The average molecular weight is 618 g/mol. The zero-order valence-electron chi connectivity index (χ0n) is 26.7. The van der Waals surface area contributed by atoms with E-state index in [9.17, 15) is 0 Å². The van der Waals surface area contributed by atoms with Crippen molar-refractivity contribution in [2.45, 2.75) is 25.2 Å². The summed E-state index contributed by atoms with van der Waals surface area (Å²) < 4.78 is 6.53. The topological polar surface area (TPSA) is 51.8 Å². The third-order valence-electron chi connectivity index (χ3n) is 10.6. The van der Waals surface area contributed by atoms with Gasteiger partial charge in [0.15, 0.2) is 5.58 Å². The Hall–Kier alpha value is -5.87. The minimum Gasteiger partial charge on any atom is -0.435 e. The number of oxazole rings is 1. The Labute approximate surface area is 278 Å². The molecule has 10 rings (SSSR count). The van der Waals surface area contributed by atoms with Crippen LogP contribution in [0.25, 0.3) is 77.6 Å². The number of aromatic nitrogens is 3. The van der Waals surface area contributed by atoms with Gasteiger partial charge in [0.2, 0.25) is 5.89 Å². The number of para-hydroxylation sites is 2. The van der Waals surface area contributed by atoms with E-state index in [0.29, 0.717) is 17.7 Å². The Balaban J connectivity index is 1.20. The molecule has 0 fully saturated rings. The van der Waals surface area contributed by atoms with Gasteiger partial charge in [0.05, 0.1) is 22.4 Å². The van der Waals surface area contributed by atoms with Crippen LogP contribution in [0.15, 0.2) is 144 Å². The molecule has 0 bridgehead atoms. The summed E-state index contributed by atoms with van der Waals surface area (Å²) in [6.07, 6.45) is 9.11. The number of hydrogen-bond acceptors (Lipinski definition) is 4. The molecule has 0 radical (unpaired) electrons. The molecule has 228 valence electrons. The van der Waals surface area contributed by atoms with E-state index in [4.69, 9.17) is 19.4 Å². The van der Waals surface area contributed by atoms with Gasteiger partial charge in [-0.1, -0.05) is 111 Å². The zero-order chi connectivity index (χ0) is 32.0. The molecule has 0 spiro atoms. The van der Waals surface area contributed by atoms with E-state index in [1.54, 1.807) is 0 Å². The van der Waals surface area contributed by atoms with Gasteiger partial charge in [-0.15, -0.1) is 0 Å². The van der Waals surface area contributed by atoms with Crippen molar-refractivity contribution in [2.75, 3.05) is 0 Å². The maximum Gasteiger partial charge on any atom is 0.227 e. The number of benzene rings is 6. The smallest absolute Gasteiger partial charge is 0.227 e. The molecule has 0 aliphatic heterocycles. The molecule has 0 saturated heterocycles. The second kappa shape index (κ2) is 10.1. The summed E-state index contributed by atoms with van der Waals surface area (Å²) in [6, 6.07) is 40.3. The molecule has 0 saturated carbocycles. The van der Waals surface area contributed by atoms with Gasteiger partial charge in [0.1, 0.15) is 5.52 Å². The largest absolute Gasteiger partial charge is 0.435 e. The Morgan fingerprint density at radius 2 is 1.25 bits per heavy atom. The van der Waals surface area contributed by atoms with E-state index < -0.39 is 0 Å². The van der Waals surface area contributed by atoms with Crippen molar-refractivity contribution >= 4 is 43.7 Å². The highest BCUT2D eigenvalue weighted by Gasteiger charge is 2.44. The molecule has 2 heterocycles. The van der Waals surface area contributed by atoms with Crippen molar-refractivity contribution in [1.82, 2.24) is 15.0 Å². The molecule has 8 aromatic rings. The van der Waals surface area contributed by atoms with Gasteiger partial charge in [0, 0.05) is 28.0 Å². The third kappa shape index (κ3) is 3.99.